The maximum Gasteiger partial charge on any atom is 0.284 e. The zero-order chi connectivity index (χ0) is 18.7. The number of nitrogens with zero attached hydrogens (tertiary/aromatic N) is 2. The van der Waals surface area contributed by atoms with E-state index in [9.17, 15) is 19.3 Å². The Morgan fingerprint density at radius 3 is 2.73 bits per heavy atom. The fraction of sp³-hybridized carbons (Fsp3) is 0.0588. The first-order chi connectivity index (χ1) is 12.4. The molecule has 2 aromatic carbocycles. The second-order valence-corrected chi connectivity index (χ2v) is 7.38. The molecule has 3 rings (SSSR count). The number of nitro groups is 1. The highest BCUT2D eigenvalue weighted by molar-refractivity contribution is 8.01. The zero-order valence-electron chi connectivity index (χ0n) is 13.4. The Balaban J connectivity index is 1.87. The van der Waals surface area contributed by atoms with Gasteiger partial charge in [0.2, 0.25) is 0 Å². The first-order valence-corrected chi connectivity index (χ1v) is 9.08. The van der Waals surface area contributed by atoms with Gasteiger partial charge in [0.1, 0.15) is 5.82 Å². The highest BCUT2D eigenvalue weighted by atomic mass is 32.2. The summed E-state index contributed by atoms with van der Waals surface area (Å²) in [5, 5.41) is 15.7. The van der Waals surface area contributed by atoms with Gasteiger partial charge in [-0.3, -0.25) is 14.9 Å². The van der Waals surface area contributed by atoms with E-state index in [0.29, 0.717) is 9.24 Å². The highest BCUT2D eigenvalue weighted by Gasteiger charge is 2.20. The van der Waals surface area contributed by atoms with Crippen LogP contribution in [0.4, 0.5) is 15.8 Å². The smallest absolute Gasteiger partial charge is 0.284 e. The number of aryl methyl sites for hydroxylation is 1. The van der Waals surface area contributed by atoms with Crippen LogP contribution in [0.2, 0.25) is 0 Å². The molecule has 0 atom stereocenters. The summed E-state index contributed by atoms with van der Waals surface area (Å²) in [6, 6.07) is 9.85. The summed E-state index contributed by atoms with van der Waals surface area (Å²) in [6.45, 7) is 1.84. The Bertz CT molecular complexity index is 991. The predicted octanol–water partition coefficient (Wildman–Crippen LogP) is 4.90. The van der Waals surface area contributed by atoms with Gasteiger partial charge in [0, 0.05) is 22.7 Å². The largest absolute Gasteiger partial charge is 0.319 e. The van der Waals surface area contributed by atoms with Crippen molar-refractivity contribution in [2.24, 2.45) is 0 Å². The van der Waals surface area contributed by atoms with Gasteiger partial charge in [0.05, 0.1) is 15.5 Å². The predicted molar refractivity (Wildman–Crippen MR) is 98.4 cm³/mol. The van der Waals surface area contributed by atoms with Gasteiger partial charge in [-0.15, -0.1) is 11.3 Å². The number of nitro benzene ring substituents is 1. The summed E-state index contributed by atoms with van der Waals surface area (Å²) in [7, 11) is 0. The number of carbonyl (C=O) groups is 1. The summed E-state index contributed by atoms with van der Waals surface area (Å²) < 4.78 is 14.3. The molecule has 0 bridgehead atoms. The molecule has 0 saturated heterocycles. The molecule has 1 heterocycles. The van der Waals surface area contributed by atoms with Crippen molar-refractivity contribution in [1.82, 2.24) is 4.98 Å². The van der Waals surface area contributed by atoms with Gasteiger partial charge in [-0.25, -0.2) is 9.37 Å². The maximum atomic E-state index is 13.6. The van der Waals surface area contributed by atoms with E-state index >= 15 is 0 Å². The lowest BCUT2D eigenvalue weighted by Gasteiger charge is -2.07. The number of carbonyl (C=O) groups excluding carboxylic acids is 1. The summed E-state index contributed by atoms with van der Waals surface area (Å²) in [6.07, 6.45) is 0. The molecule has 26 heavy (non-hydrogen) atoms. The molecule has 0 spiro atoms. The molecule has 1 aromatic heterocycles. The van der Waals surface area contributed by atoms with Gasteiger partial charge in [0.15, 0.2) is 4.34 Å². The third-order valence-electron chi connectivity index (χ3n) is 3.34. The second kappa shape index (κ2) is 7.63. The molecule has 0 aliphatic heterocycles. The van der Waals surface area contributed by atoms with Crippen molar-refractivity contribution in [3.8, 4) is 0 Å². The van der Waals surface area contributed by atoms with Crippen molar-refractivity contribution in [1.29, 1.82) is 0 Å². The average Bonchev–Trinajstić information content (AvgIpc) is 3.02. The number of rotatable bonds is 5. The lowest BCUT2D eigenvalue weighted by atomic mass is 10.2. The summed E-state index contributed by atoms with van der Waals surface area (Å²) in [5.74, 6) is -1.21. The van der Waals surface area contributed by atoms with Crippen LogP contribution in [-0.4, -0.2) is 15.8 Å². The number of aromatic nitrogens is 1. The lowest BCUT2D eigenvalue weighted by molar-refractivity contribution is -0.387. The van der Waals surface area contributed by atoms with E-state index in [4.69, 9.17) is 0 Å². The number of thiazole rings is 1. The zero-order valence-corrected chi connectivity index (χ0v) is 15.1. The van der Waals surface area contributed by atoms with Crippen LogP contribution in [0, 0.1) is 22.9 Å². The number of nitrogens with one attached hydrogen (secondary N) is 1. The standard InChI is InChI=1S/C17H12FN3O3S2/c1-10-9-25-17(19-10)26-15-7-6-11(8-14(15)21(23)24)16(22)20-13-5-3-2-4-12(13)18/h2-9H,1H3,(H,20,22). The number of para-hydroxylation sites is 1. The molecule has 0 saturated carbocycles. The number of anilines is 1. The van der Waals surface area contributed by atoms with Crippen molar-refractivity contribution >= 4 is 40.4 Å². The Morgan fingerprint density at radius 1 is 1.31 bits per heavy atom. The molecule has 1 N–H and O–H groups in total. The molecule has 0 radical (unpaired) electrons. The van der Waals surface area contributed by atoms with Gasteiger partial charge in [-0.2, -0.15) is 0 Å². The van der Waals surface area contributed by atoms with Crippen molar-refractivity contribution in [2.45, 2.75) is 16.2 Å². The van der Waals surface area contributed by atoms with E-state index in [1.165, 1.54) is 47.7 Å². The minimum absolute atomic E-state index is 0.0110. The normalized spacial score (nSPS) is 10.5. The van der Waals surface area contributed by atoms with Gasteiger partial charge in [-0.1, -0.05) is 23.9 Å². The molecule has 6 nitrogen and oxygen atoms in total. The van der Waals surface area contributed by atoms with Crippen LogP contribution >= 0.6 is 23.1 Å². The van der Waals surface area contributed by atoms with E-state index in [2.05, 4.69) is 10.3 Å². The number of hydrogen-bond acceptors (Lipinski definition) is 6. The van der Waals surface area contributed by atoms with E-state index in [1.54, 1.807) is 6.07 Å². The Kier molecular flexibility index (Phi) is 5.29. The molecule has 0 unspecified atom stereocenters. The van der Waals surface area contributed by atoms with E-state index in [1.807, 2.05) is 12.3 Å². The molecular weight excluding hydrogens is 377 g/mol. The third-order valence-corrected chi connectivity index (χ3v) is 5.46. The molecule has 3 aromatic rings. The van der Waals surface area contributed by atoms with Crippen molar-refractivity contribution in [2.75, 3.05) is 5.32 Å². The topological polar surface area (TPSA) is 85.1 Å². The summed E-state index contributed by atoms with van der Waals surface area (Å²) in [4.78, 5) is 27.8. The summed E-state index contributed by atoms with van der Waals surface area (Å²) >= 11 is 2.55. The Hall–Kier alpha value is -2.78. The minimum atomic E-state index is -0.625. The quantitative estimate of drug-likeness (QED) is 0.495. The molecule has 1 amide bonds. The van der Waals surface area contributed by atoms with Crippen molar-refractivity contribution in [3.63, 3.8) is 0 Å². The van der Waals surface area contributed by atoms with Crippen LogP contribution in [0.3, 0.4) is 0 Å². The minimum Gasteiger partial charge on any atom is -0.319 e. The number of halogens is 1. The fourth-order valence-electron chi connectivity index (χ4n) is 2.12. The van der Waals surface area contributed by atoms with Gasteiger partial charge >= 0.3 is 0 Å². The first kappa shape index (κ1) is 18.0. The second-order valence-electron chi connectivity index (χ2n) is 5.23. The van der Waals surface area contributed by atoms with Crippen LogP contribution in [0.15, 0.2) is 57.1 Å². The van der Waals surface area contributed by atoms with Crippen LogP contribution in [-0.2, 0) is 0 Å². The molecule has 0 aliphatic rings. The summed E-state index contributed by atoms with van der Waals surface area (Å²) in [5.41, 5.74) is 0.710. The highest BCUT2D eigenvalue weighted by Crippen LogP contribution is 2.36. The first-order valence-electron chi connectivity index (χ1n) is 7.38. The van der Waals surface area contributed by atoms with Gasteiger partial charge in [-0.05, 0) is 31.2 Å². The van der Waals surface area contributed by atoms with Crippen molar-refractivity contribution < 1.29 is 14.1 Å². The molecule has 0 aliphatic carbocycles. The third kappa shape index (κ3) is 4.06. The molecular formula is C17H12FN3O3S2. The lowest BCUT2D eigenvalue weighted by Crippen LogP contribution is -2.13. The van der Waals surface area contributed by atoms with Crippen LogP contribution in [0.1, 0.15) is 16.1 Å². The Morgan fingerprint density at radius 2 is 2.08 bits per heavy atom. The number of benzene rings is 2. The van der Waals surface area contributed by atoms with Crippen LogP contribution in [0.25, 0.3) is 0 Å². The SMILES string of the molecule is Cc1csc(Sc2ccc(C(=O)Nc3ccccc3F)cc2[N+](=O)[O-])n1. The average molecular weight is 389 g/mol. The molecule has 9 heteroatoms. The molecule has 0 fully saturated rings. The van der Waals surface area contributed by atoms with Gasteiger partial charge in [0.25, 0.3) is 11.6 Å². The van der Waals surface area contributed by atoms with Crippen LogP contribution < -0.4 is 5.32 Å². The monoisotopic (exact) mass is 389 g/mol. The number of amides is 1. The Labute approximate surface area is 156 Å². The van der Waals surface area contributed by atoms with E-state index < -0.39 is 16.6 Å². The van der Waals surface area contributed by atoms with Crippen LogP contribution in [0.5, 0.6) is 0 Å². The number of hydrogen-bond donors (Lipinski definition) is 1. The maximum absolute atomic E-state index is 13.6. The van der Waals surface area contributed by atoms with E-state index in [-0.39, 0.29) is 16.9 Å². The fourth-order valence-corrected chi connectivity index (χ4v) is 4.00. The van der Waals surface area contributed by atoms with E-state index in [0.717, 1.165) is 17.5 Å². The van der Waals surface area contributed by atoms with Gasteiger partial charge < -0.3 is 5.32 Å². The van der Waals surface area contributed by atoms with Crippen molar-refractivity contribution in [3.05, 3.63) is 75.0 Å². The molecule has 132 valence electrons.